The van der Waals surface area contributed by atoms with Gasteiger partial charge in [0.1, 0.15) is 11.6 Å². The Morgan fingerprint density at radius 1 is 1.06 bits per heavy atom. The SMILES string of the molecule is COc1ccc(NC(=O)CCN2C(=O)[C@H]3CC=CC[C@@H]3C2=O)cc1NS(=O)(=O)c1ccc(F)cc1. The van der Waals surface area contributed by atoms with Crippen molar-refractivity contribution in [3.8, 4) is 5.75 Å². The number of rotatable bonds is 8. The van der Waals surface area contributed by atoms with Crippen LogP contribution < -0.4 is 14.8 Å². The molecule has 9 nitrogen and oxygen atoms in total. The summed E-state index contributed by atoms with van der Waals surface area (Å²) in [5.41, 5.74) is 0.348. The predicted molar refractivity (Wildman–Crippen MR) is 126 cm³/mol. The van der Waals surface area contributed by atoms with E-state index in [1.165, 1.54) is 25.3 Å². The maximum Gasteiger partial charge on any atom is 0.262 e. The largest absolute Gasteiger partial charge is 0.495 e. The first-order chi connectivity index (χ1) is 16.7. The van der Waals surface area contributed by atoms with E-state index in [2.05, 4.69) is 10.0 Å². The molecular formula is C24H24FN3O6S. The highest BCUT2D eigenvalue weighted by atomic mass is 32.2. The zero-order valence-corrected chi connectivity index (χ0v) is 19.7. The first-order valence-corrected chi connectivity index (χ1v) is 12.4. The normalized spacial score (nSPS) is 19.4. The first kappa shape index (κ1) is 24.4. The number of halogens is 1. The number of allylic oxidation sites excluding steroid dienone is 2. The van der Waals surface area contributed by atoms with Gasteiger partial charge in [0.25, 0.3) is 10.0 Å². The molecule has 0 bridgehead atoms. The molecule has 1 heterocycles. The topological polar surface area (TPSA) is 122 Å². The molecule has 2 atom stereocenters. The fourth-order valence-electron chi connectivity index (χ4n) is 4.21. The smallest absolute Gasteiger partial charge is 0.262 e. The summed E-state index contributed by atoms with van der Waals surface area (Å²) in [7, 11) is -2.69. The standard InChI is InChI=1S/C24H24FN3O6S/c1-34-21-11-8-16(14-20(21)27-35(32,33)17-9-6-15(25)7-10-17)26-22(29)12-13-28-23(30)18-4-2-3-5-19(18)24(28)31/h2-3,6-11,14,18-19,27H,4-5,12-13H2,1H3,(H,26,29)/t18-,19-/m0/s1. The van der Waals surface area contributed by atoms with Crippen LogP contribution in [-0.4, -0.2) is 44.7 Å². The lowest BCUT2D eigenvalue weighted by Crippen LogP contribution is -2.34. The van der Waals surface area contributed by atoms with Crippen molar-refractivity contribution in [2.45, 2.75) is 24.2 Å². The second kappa shape index (κ2) is 9.87. The number of imide groups is 1. The van der Waals surface area contributed by atoms with Gasteiger partial charge < -0.3 is 10.1 Å². The number of hydrogen-bond donors (Lipinski definition) is 2. The Hall–Kier alpha value is -3.73. The lowest BCUT2D eigenvalue weighted by atomic mass is 9.85. The number of nitrogens with one attached hydrogen (secondary N) is 2. The van der Waals surface area contributed by atoms with E-state index in [1.807, 2.05) is 12.2 Å². The Morgan fingerprint density at radius 2 is 1.69 bits per heavy atom. The Balaban J connectivity index is 1.42. The number of methoxy groups -OCH3 is 1. The molecule has 2 aliphatic rings. The van der Waals surface area contributed by atoms with E-state index in [9.17, 15) is 27.2 Å². The van der Waals surface area contributed by atoms with Crippen molar-refractivity contribution < 1.29 is 31.9 Å². The van der Waals surface area contributed by atoms with Crippen molar-refractivity contribution in [1.82, 2.24) is 4.90 Å². The van der Waals surface area contributed by atoms with Crippen LogP contribution in [0.15, 0.2) is 59.5 Å². The van der Waals surface area contributed by atoms with E-state index >= 15 is 0 Å². The number of amides is 3. The maximum absolute atomic E-state index is 13.2. The van der Waals surface area contributed by atoms with Crippen LogP contribution in [0.4, 0.5) is 15.8 Å². The van der Waals surface area contributed by atoms with Crippen LogP contribution in [0.3, 0.4) is 0 Å². The maximum atomic E-state index is 13.2. The van der Waals surface area contributed by atoms with Crippen LogP contribution >= 0.6 is 0 Å². The summed E-state index contributed by atoms with van der Waals surface area (Å²) in [4.78, 5) is 38.6. The number of nitrogens with zero attached hydrogens (tertiary/aromatic N) is 1. The quantitative estimate of drug-likeness (QED) is 0.424. The van der Waals surface area contributed by atoms with Gasteiger partial charge in [-0.1, -0.05) is 12.2 Å². The average Bonchev–Trinajstić information content (AvgIpc) is 3.07. The number of likely N-dealkylation sites (tertiary alicyclic amines) is 1. The molecule has 0 spiro atoms. The van der Waals surface area contributed by atoms with E-state index < -0.39 is 21.7 Å². The van der Waals surface area contributed by atoms with Crippen LogP contribution in [-0.2, 0) is 24.4 Å². The number of ether oxygens (including phenoxy) is 1. The summed E-state index contributed by atoms with van der Waals surface area (Å²) in [5, 5.41) is 2.64. The number of sulfonamides is 1. The van der Waals surface area contributed by atoms with Crippen LogP contribution in [0.2, 0.25) is 0 Å². The summed E-state index contributed by atoms with van der Waals surface area (Å²) in [6.45, 7) is -0.0310. The minimum absolute atomic E-state index is 0.0310. The molecule has 184 valence electrons. The second-order valence-electron chi connectivity index (χ2n) is 8.26. The van der Waals surface area contributed by atoms with Gasteiger partial charge in [0, 0.05) is 18.7 Å². The molecule has 0 aromatic heterocycles. The van der Waals surface area contributed by atoms with Gasteiger partial charge in [-0.25, -0.2) is 12.8 Å². The molecule has 2 aromatic carbocycles. The Bertz CT molecular complexity index is 1270. The number of carbonyl (C=O) groups is 3. The molecule has 2 N–H and O–H groups in total. The van der Waals surface area contributed by atoms with Gasteiger partial charge in [-0.15, -0.1) is 0 Å². The number of anilines is 2. The fourth-order valence-corrected chi connectivity index (χ4v) is 5.27. The highest BCUT2D eigenvalue weighted by Crippen LogP contribution is 2.35. The molecule has 3 amide bonds. The first-order valence-electron chi connectivity index (χ1n) is 11.0. The molecule has 0 radical (unpaired) electrons. The monoisotopic (exact) mass is 501 g/mol. The Labute approximate surface area is 202 Å². The number of carbonyl (C=O) groups excluding carboxylic acids is 3. The third-order valence-electron chi connectivity index (χ3n) is 6.01. The average molecular weight is 502 g/mol. The van der Waals surface area contributed by atoms with Crippen molar-refractivity contribution in [3.05, 3.63) is 60.4 Å². The van der Waals surface area contributed by atoms with Gasteiger partial charge in [0.05, 0.1) is 29.5 Å². The van der Waals surface area contributed by atoms with Crippen LogP contribution in [0.1, 0.15) is 19.3 Å². The third kappa shape index (κ3) is 5.19. The van der Waals surface area contributed by atoms with Gasteiger partial charge in [-0.2, -0.15) is 0 Å². The van der Waals surface area contributed by atoms with Gasteiger partial charge >= 0.3 is 0 Å². The van der Waals surface area contributed by atoms with Crippen LogP contribution in [0.25, 0.3) is 0 Å². The van der Waals surface area contributed by atoms with E-state index in [0.29, 0.717) is 12.8 Å². The number of benzene rings is 2. The molecule has 1 aliphatic heterocycles. The minimum atomic E-state index is -4.05. The fraction of sp³-hybridized carbons (Fsp3) is 0.292. The van der Waals surface area contributed by atoms with Crippen LogP contribution in [0.5, 0.6) is 5.75 Å². The molecule has 1 fully saturated rings. The third-order valence-corrected chi connectivity index (χ3v) is 7.39. The summed E-state index contributed by atoms with van der Waals surface area (Å²) >= 11 is 0. The van der Waals surface area contributed by atoms with Crippen molar-refractivity contribution in [2.75, 3.05) is 23.7 Å². The van der Waals surface area contributed by atoms with Crippen molar-refractivity contribution in [1.29, 1.82) is 0 Å². The van der Waals surface area contributed by atoms with Crippen molar-refractivity contribution in [2.24, 2.45) is 11.8 Å². The van der Waals surface area contributed by atoms with Crippen LogP contribution in [0, 0.1) is 17.7 Å². The van der Waals surface area contributed by atoms with E-state index in [-0.39, 0.29) is 58.6 Å². The van der Waals surface area contributed by atoms with Crippen molar-refractivity contribution >= 4 is 39.1 Å². The molecular weight excluding hydrogens is 477 g/mol. The zero-order chi connectivity index (χ0) is 25.2. The predicted octanol–water partition coefficient (Wildman–Crippen LogP) is 2.91. The second-order valence-corrected chi connectivity index (χ2v) is 9.94. The van der Waals surface area contributed by atoms with E-state index in [0.717, 1.165) is 29.2 Å². The molecule has 1 aliphatic carbocycles. The van der Waals surface area contributed by atoms with E-state index in [4.69, 9.17) is 4.74 Å². The molecule has 4 rings (SSSR count). The van der Waals surface area contributed by atoms with Gasteiger partial charge in [0.2, 0.25) is 17.7 Å². The molecule has 11 heteroatoms. The Morgan fingerprint density at radius 3 is 2.29 bits per heavy atom. The van der Waals surface area contributed by atoms with Crippen molar-refractivity contribution in [3.63, 3.8) is 0 Å². The highest BCUT2D eigenvalue weighted by Gasteiger charge is 2.46. The molecule has 0 unspecified atom stereocenters. The van der Waals surface area contributed by atoms with Gasteiger partial charge in [-0.05, 0) is 55.3 Å². The Kier molecular flexibility index (Phi) is 6.88. The van der Waals surface area contributed by atoms with E-state index in [1.54, 1.807) is 0 Å². The lowest BCUT2D eigenvalue weighted by Gasteiger charge is -2.16. The van der Waals surface area contributed by atoms with Gasteiger partial charge in [0.15, 0.2) is 0 Å². The minimum Gasteiger partial charge on any atom is -0.495 e. The summed E-state index contributed by atoms with van der Waals surface area (Å²) < 4.78 is 46.1. The molecule has 35 heavy (non-hydrogen) atoms. The van der Waals surface area contributed by atoms with Gasteiger partial charge in [-0.3, -0.25) is 24.0 Å². The summed E-state index contributed by atoms with van der Waals surface area (Å²) in [5.74, 6) is -2.02. The zero-order valence-electron chi connectivity index (χ0n) is 18.9. The summed E-state index contributed by atoms with van der Waals surface area (Å²) in [6, 6.07) is 8.70. The lowest BCUT2D eigenvalue weighted by molar-refractivity contribution is -0.140. The summed E-state index contributed by atoms with van der Waals surface area (Å²) in [6.07, 6.45) is 4.75. The number of hydrogen-bond acceptors (Lipinski definition) is 6. The number of fused-ring (bicyclic) bond motifs is 1. The highest BCUT2D eigenvalue weighted by molar-refractivity contribution is 7.92. The molecule has 1 saturated heterocycles. The molecule has 2 aromatic rings. The molecule has 0 saturated carbocycles.